The molecule has 0 atom stereocenters. The van der Waals surface area contributed by atoms with Crippen molar-refractivity contribution in [3.8, 4) is 17.1 Å². The van der Waals surface area contributed by atoms with Crippen molar-refractivity contribution in [2.45, 2.75) is 77.3 Å². The zero-order chi connectivity index (χ0) is 31.9. The summed E-state index contributed by atoms with van der Waals surface area (Å²) < 4.78 is 36.4. The van der Waals surface area contributed by atoms with Crippen molar-refractivity contribution in [2.75, 3.05) is 51.0 Å². The van der Waals surface area contributed by atoms with E-state index in [4.69, 9.17) is 19.4 Å². The lowest BCUT2D eigenvalue weighted by Crippen LogP contribution is -2.60. The van der Waals surface area contributed by atoms with Crippen LogP contribution in [0.4, 0.5) is 10.7 Å². The molecule has 0 N–H and O–H groups in total. The van der Waals surface area contributed by atoms with Gasteiger partial charge < -0.3 is 19.3 Å². The standard InChI is InChI=1S/C31H44N6O5S2/c1-30(2,3)42-29(38)36-13-14-37(31(4,5)20-36)17-23-18-43-26-24(33-28(34-25(23)26)35-11-9-8-10-12-35)21-15-22(19-44(7,39)40)27(41-6)32-16-21/h15-16,18H,8-14,17,19-20H2,1-7H3. The third-order valence-electron chi connectivity index (χ3n) is 8.01. The predicted octanol–water partition coefficient (Wildman–Crippen LogP) is 5.13. The molecule has 2 aliphatic heterocycles. The van der Waals surface area contributed by atoms with Crippen LogP contribution in [0.3, 0.4) is 0 Å². The fourth-order valence-electron chi connectivity index (χ4n) is 5.87. The summed E-state index contributed by atoms with van der Waals surface area (Å²) in [7, 11) is -1.82. The monoisotopic (exact) mass is 644 g/mol. The van der Waals surface area contributed by atoms with E-state index < -0.39 is 15.4 Å². The number of hydrogen-bond acceptors (Lipinski definition) is 11. The van der Waals surface area contributed by atoms with Gasteiger partial charge >= 0.3 is 6.09 Å². The number of thiophene rings is 1. The first-order valence-electron chi connectivity index (χ1n) is 15.1. The SMILES string of the molecule is COc1ncc(-c2nc(N3CCCCC3)nc3c(CN4CCN(C(=O)OC(C)(C)C)CC4(C)C)csc23)cc1CS(C)(=O)=O. The second-order valence-corrected chi connectivity index (χ2v) is 16.5. The highest BCUT2D eigenvalue weighted by Crippen LogP contribution is 2.38. The molecule has 0 radical (unpaired) electrons. The first-order valence-corrected chi connectivity index (χ1v) is 18.0. The zero-order valence-corrected chi connectivity index (χ0v) is 28.5. The minimum absolute atomic E-state index is 0.176. The van der Waals surface area contributed by atoms with Crippen LogP contribution in [0.25, 0.3) is 21.5 Å². The van der Waals surface area contributed by atoms with Crippen molar-refractivity contribution in [2.24, 2.45) is 0 Å². The van der Waals surface area contributed by atoms with Crippen molar-refractivity contribution >= 4 is 43.4 Å². The molecular formula is C31H44N6O5S2. The molecule has 0 aliphatic carbocycles. The van der Waals surface area contributed by atoms with Gasteiger partial charge in [0.15, 0.2) is 9.84 Å². The summed E-state index contributed by atoms with van der Waals surface area (Å²) in [5, 5.41) is 2.15. The van der Waals surface area contributed by atoms with Gasteiger partial charge in [0, 0.05) is 74.0 Å². The molecule has 0 spiro atoms. The first-order chi connectivity index (χ1) is 20.6. The van der Waals surface area contributed by atoms with Crippen LogP contribution in [0.1, 0.15) is 65.0 Å². The predicted molar refractivity (Wildman–Crippen MR) is 174 cm³/mol. The Hall–Kier alpha value is -3.03. The van der Waals surface area contributed by atoms with Crippen LogP contribution in [-0.2, 0) is 26.9 Å². The van der Waals surface area contributed by atoms with Crippen LogP contribution in [-0.4, -0.2) is 96.5 Å². The van der Waals surface area contributed by atoms with Crippen LogP contribution >= 0.6 is 11.3 Å². The molecule has 0 bridgehead atoms. The molecule has 2 saturated heterocycles. The van der Waals surface area contributed by atoms with Crippen molar-refractivity contribution in [1.29, 1.82) is 0 Å². The van der Waals surface area contributed by atoms with Crippen LogP contribution in [0.2, 0.25) is 0 Å². The lowest BCUT2D eigenvalue weighted by Gasteiger charge is -2.47. The maximum Gasteiger partial charge on any atom is 0.410 e. The Bertz CT molecular complexity index is 1630. The number of fused-ring (bicyclic) bond motifs is 1. The van der Waals surface area contributed by atoms with Gasteiger partial charge in [-0.15, -0.1) is 11.3 Å². The highest BCUT2D eigenvalue weighted by atomic mass is 32.2. The Balaban J connectivity index is 1.51. The minimum atomic E-state index is -3.31. The van der Waals surface area contributed by atoms with E-state index in [-0.39, 0.29) is 17.4 Å². The number of carbonyl (C=O) groups excluding carboxylic acids is 1. The average Bonchev–Trinajstić information content (AvgIpc) is 3.34. The van der Waals surface area contributed by atoms with Crippen molar-refractivity contribution in [3.63, 3.8) is 0 Å². The lowest BCUT2D eigenvalue weighted by atomic mass is 9.98. The van der Waals surface area contributed by atoms with Gasteiger partial charge in [0.1, 0.15) is 5.60 Å². The van der Waals surface area contributed by atoms with Crippen LogP contribution in [0.5, 0.6) is 5.88 Å². The minimum Gasteiger partial charge on any atom is -0.481 e. The van der Waals surface area contributed by atoms with Gasteiger partial charge in [0.2, 0.25) is 11.8 Å². The van der Waals surface area contributed by atoms with Crippen molar-refractivity contribution < 1.29 is 22.7 Å². The third kappa shape index (κ3) is 7.43. The number of nitrogens with zero attached hydrogens (tertiary/aromatic N) is 6. The number of anilines is 1. The molecule has 5 heterocycles. The van der Waals surface area contributed by atoms with Crippen LogP contribution in [0, 0.1) is 0 Å². The Morgan fingerprint density at radius 1 is 1.07 bits per heavy atom. The Morgan fingerprint density at radius 3 is 2.43 bits per heavy atom. The van der Waals surface area contributed by atoms with E-state index in [0.29, 0.717) is 43.6 Å². The zero-order valence-electron chi connectivity index (χ0n) is 26.8. The maximum atomic E-state index is 12.8. The largest absolute Gasteiger partial charge is 0.481 e. The van der Waals surface area contributed by atoms with Gasteiger partial charge in [-0.25, -0.2) is 28.2 Å². The summed E-state index contributed by atoms with van der Waals surface area (Å²) in [6.07, 6.45) is 5.99. The summed E-state index contributed by atoms with van der Waals surface area (Å²) in [6, 6.07) is 1.83. The molecule has 240 valence electrons. The highest BCUT2D eigenvalue weighted by molar-refractivity contribution is 7.89. The molecule has 0 saturated carbocycles. The fraction of sp³-hybridized carbons (Fsp3) is 0.613. The van der Waals surface area contributed by atoms with E-state index in [1.165, 1.54) is 19.8 Å². The second kappa shape index (κ2) is 12.4. The number of pyridine rings is 1. The number of carbonyl (C=O) groups is 1. The molecule has 2 fully saturated rings. The van der Waals surface area contributed by atoms with E-state index in [1.54, 1.807) is 22.4 Å². The number of hydrogen-bond donors (Lipinski definition) is 0. The van der Waals surface area contributed by atoms with E-state index in [1.807, 2.05) is 26.8 Å². The third-order valence-corrected chi connectivity index (χ3v) is 9.87. The second-order valence-electron chi connectivity index (χ2n) is 13.5. The number of amides is 1. The maximum absolute atomic E-state index is 12.8. The summed E-state index contributed by atoms with van der Waals surface area (Å²) in [4.78, 5) is 33.9. The van der Waals surface area contributed by atoms with Gasteiger partial charge in [-0.1, -0.05) is 0 Å². The molecule has 5 rings (SSSR count). The molecular weight excluding hydrogens is 601 g/mol. The summed E-state index contributed by atoms with van der Waals surface area (Å²) >= 11 is 1.59. The average molecular weight is 645 g/mol. The number of piperidine rings is 1. The van der Waals surface area contributed by atoms with Crippen LogP contribution < -0.4 is 9.64 Å². The molecule has 1 amide bonds. The Kier molecular flexibility index (Phi) is 9.12. The van der Waals surface area contributed by atoms with Crippen LogP contribution in [0.15, 0.2) is 17.6 Å². The summed E-state index contributed by atoms with van der Waals surface area (Å²) in [5.74, 6) is 0.797. The molecule has 3 aromatic rings. The number of aromatic nitrogens is 3. The van der Waals surface area contributed by atoms with Gasteiger partial charge in [-0.2, -0.15) is 0 Å². The fourth-order valence-corrected chi connectivity index (χ4v) is 7.65. The number of piperazine rings is 1. The molecule has 44 heavy (non-hydrogen) atoms. The molecule has 2 aliphatic rings. The smallest absolute Gasteiger partial charge is 0.410 e. The highest BCUT2D eigenvalue weighted by Gasteiger charge is 2.37. The van der Waals surface area contributed by atoms with Gasteiger partial charge in [0.05, 0.1) is 28.8 Å². The number of rotatable bonds is 7. The van der Waals surface area contributed by atoms with Crippen molar-refractivity contribution in [1.82, 2.24) is 24.8 Å². The quantitative estimate of drug-likeness (QED) is 0.343. The summed E-state index contributed by atoms with van der Waals surface area (Å²) in [5.41, 5.74) is 3.15. The van der Waals surface area contributed by atoms with Gasteiger partial charge in [0.25, 0.3) is 0 Å². The van der Waals surface area contributed by atoms with Crippen molar-refractivity contribution in [3.05, 3.63) is 28.8 Å². The normalized spacial score (nSPS) is 18.1. The van der Waals surface area contributed by atoms with E-state index >= 15 is 0 Å². The number of ether oxygens (including phenoxy) is 2. The molecule has 11 nitrogen and oxygen atoms in total. The Labute approximate surface area is 264 Å². The van der Waals surface area contributed by atoms with Gasteiger partial charge in [-0.05, 0) is 65.3 Å². The topological polar surface area (TPSA) is 118 Å². The van der Waals surface area contributed by atoms with E-state index in [0.717, 1.165) is 53.0 Å². The number of sulfone groups is 1. The molecule has 0 aromatic carbocycles. The lowest BCUT2D eigenvalue weighted by molar-refractivity contribution is -0.0176. The molecule has 13 heteroatoms. The van der Waals surface area contributed by atoms with E-state index in [9.17, 15) is 13.2 Å². The molecule has 0 unspecified atom stereocenters. The number of methoxy groups -OCH3 is 1. The summed E-state index contributed by atoms with van der Waals surface area (Å²) in [6.45, 7) is 14.3. The molecule has 3 aromatic heterocycles. The van der Waals surface area contributed by atoms with Gasteiger partial charge in [-0.3, -0.25) is 4.90 Å². The Morgan fingerprint density at radius 2 is 1.80 bits per heavy atom. The van der Waals surface area contributed by atoms with E-state index in [2.05, 4.69) is 34.0 Å². The first kappa shape index (κ1) is 32.4.